The highest BCUT2D eigenvalue weighted by Crippen LogP contribution is 2.43. The van der Waals surface area contributed by atoms with Crippen molar-refractivity contribution >= 4 is 17.5 Å². The average molecular weight is 399 g/mol. The lowest BCUT2D eigenvalue weighted by Crippen LogP contribution is -2.15. The fraction of sp³-hybridized carbons (Fsp3) is 0.125. The Morgan fingerprint density at radius 2 is 1.76 bits per heavy atom. The molecule has 142 valence electrons. The summed E-state index contributed by atoms with van der Waals surface area (Å²) < 4.78 is 0. The van der Waals surface area contributed by atoms with Gasteiger partial charge in [0.05, 0.1) is 5.69 Å². The van der Waals surface area contributed by atoms with E-state index in [0.717, 1.165) is 39.4 Å². The number of hydrogen-bond acceptors (Lipinski definition) is 4. The second-order valence-electron chi connectivity index (χ2n) is 7.15. The standard InChI is InChI=1S/C24H19ClN4/c25-22-10-4-3-8-19(22)21-12-17-15-28-24(27-14-16-6-5-11-26-13-16)29-23(17)20-9-2-1-7-18(20)21/h1-11,13,15,21H,12,14H2,(H,27,28,29). The minimum absolute atomic E-state index is 0.199. The second kappa shape index (κ2) is 7.64. The van der Waals surface area contributed by atoms with E-state index in [2.05, 4.69) is 45.6 Å². The fourth-order valence-corrected chi connectivity index (χ4v) is 4.21. The third-order valence-electron chi connectivity index (χ3n) is 5.33. The van der Waals surface area contributed by atoms with Crippen molar-refractivity contribution in [3.05, 3.63) is 107 Å². The van der Waals surface area contributed by atoms with Crippen LogP contribution in [0, 0.1) is 0 Å². The molecular formula is C24H19ClN4. The smallest absolute Gasteiger partial charge is 0.223 e. The maximum atomic E-state index is 6.53. The molecule has 0 saturated carbocycles. The average Bonchev–Trinajstić information content (AvgIpc) is 2.78. The van der Waals surface area contributed by atoms with Crippen molar-refractivity contribution in [3.63, 3.8) is 0 Å². The Hall–Kier alpha value is -3.24. The largest absolute Gasteiger partial charge is 0.350 e. The van der Waals surface area contributed by atoms with Gasteiger partial charge in [-0.05, 0) is 40.8 Å². The number of pyridine rings is 1. The van der Waals surface area contributed by atoms with Gasteiger partial charge < -0.3 is 5.32 Å². The lowest BCUT2D eigenvalue weighted by Gasteiger charge is -2.28. The zero-order valence-electron chi connectivity index (χ0n) is 15.7. The number of benzene rings is 2. The van der Waals surface area contributed by atoms with Crippen molar-refractivity contribution in [1.82, 2.24) is 15.0 Å². The molecule has 4 aromatic rings. The number of aromatic nitrogens is 3. The lowest BCUT2D eigenvalue weighted by molar-refractivity contribution is 0.782. The molecular weight excluding hydrogens is 380 g/mol. The van der Waals surface area contributed by atoms with Gasteiger partial charge in [0.2, 0.25) is 5.95 Å². The van der Waals surface area contributed by atoms with Gasteiger partial charge in [-0.25, -0.2) is 9.97 Å². The first-order valence-electron chi connectivity index (χ1n) is 9.62. The van der Waals surface area contributed by atoms with Crippen LogP contribution in [0.4, 0.5) is 5.95 Å². The molecule has 2 aromatic carbocycles. The van der Waals surface area contributed by atoms with Crippen molar-refractivity contribution in [2.24, 2.45) is 0 Å². The van der Waals surface area contributed by atoms with Crippen molar-refractivity contribution in [2.45, 2.75) is 18.9 Å². The first-order valence-corrected chi connectivity index (χ1v) is 10.00. The van der Waals surface area contributed by atoms with E-state index in [0.29, 0.717) is 12.5 Å². The summed E-state index contributed by atoms with van der Waals surface area (Å²) in [6.45, 7) is 0.635. The third kappa shape index (κ3) is 3.47. The van der Waals surface area contributed by atoms with Crippen LogP contribution in [0.15, 0.2) is 79.3 Å². The highest BCUT2D eigenvalue weighted by Gasteiger charge is 2.28. The number of rotatable bonds is 4. The van der Waals surface area contributed by atoms with Crippen LogP contribution in [0.25, 0.3) is 11.3 Å². The molecule has 0 aliphatic heterocycles. The van der Waals surface area contributed by atoms with E-state index in [9.17, 15) is 0 Å². The molecule has 2 heterocycles. The SMILES string of the molecule is Clc1ccccc1C1Cc2cnc(NCc3cccnc3)nc2-c2ccccc21. The molecule has 1 aliphatic carbocycles. The topological polar surface area (TPSA) is 50.7 Å². The van der Waals surface area contributed by atoms with Gasteiger partial charge in [-0.2, -0.15) is 0 Å². The van der Waals surface area contributed by atoms with Crippen LogP contribution < -0.4 is 5.32 Å². The monoisotopic (exact) mass is 398 g/mol. The first-order chi connectivity index (χ1) is 14.3. The van der Waals surface area contributed by atoms with E-state index in [1.807, 2.05) is 42.7 Å². The molecule has 2 aromatic heterocycles. The van der Waals surface area contributed by atoms with E-state index in [-0.39, 0.29) is 5.92 Å². The quantitative estimate of drug-likeness (QED) is 0.493. The van der Waals surface area contributed by atoms with Crippen LogP contribution in [-0.4, -0.2) is 15.0 Å². The minimum atomic E-state index is 0.199. The van der Waals surface area contributed by atoms with Gasteiger partial charge >= 0.3 is 0 Å². The summed E-state index contributed by atoms with van der Waals surface area (Å²) in [5, 5.41) is 4.11. The molecule has 5 rings (SSSR count). The first kappa shape index (κ1) is 17.8. The van der Waals surface area contributed by atoms with Gasteiger partial charge in [0.15, 0.2) is 0 Å². The Balaban J connectivity index is 1.50. The molecule has 0 radical (unpaired) electrons. The van der Waals surface area contributed by atoms with Crippen molar-refractivity contribution in [1.29, 1.82) is 0 Å². The summed E-state index contributed by atoms with van der Waals surface area (Å²) >= 11 is 6.53. The van der Waals surface area contributed by atoms with Crippen LogP contribution in [0.3, 0.4) is 0 Å². The van der Waals surface area contributed by atoms with Gasteiger partial charge in [-0.15, -0.1) is 0 Å². The molecule has 1 atom stereocenters. The van der Waals surface area contributed by atoms with Crippen LogP contribution in [0.1, 0.15) is 28.2 Å². The lowest BCUT2D eigenvalue weighted by atomic mass is 9.78. The zero-order valence-corrected chi connectivity index (χ0v) is 16.5. The highest BCUT2D eigenvalue weighted by atomic mass is 35.5. The molecule has 29 heavy (non-hydrogen) atoms. The van der Waals surface area contributed by atoms with E-state index in [4.69, 9.17) is 16.6 Å². The summed E-state index contributed by atoms with van der Waals surface area (Å²) in [7, 11) is 0. The summed E-state index contributed by atoms with van der Waals surface area (Å²) in [5.41, 5.74) is 6.77. The predicted octanol–water partition coefficient (Wildman–Crippen LogP) is 5.49. The Labute approximate surface area is 174 Å². The van der Waals surface area contributed by atoms with Crippen LogP contribution >= 0.6 is 11.6 Å². The molecule has 0 saturated heterocycles. The Kier molecular flexibility index (Phi) is 4.70. The fourth-order valence-electron chi connectivity index (χ4n) is 3.94. The molecule has 0 bridgehead atoms. The van der Waals surface area contributed by atoms with Gasteiger partial charge in [0.25, 0.3) is 0 Å². The number of nitrogens with one attached hydrogen (secondary N) is 1. The number of hydrogen-bond donors (Lipinski definition) is 1. The van der Waals surface area contributed by atoms with Crippen LogP contribution in [0.2, 0.25) is 5.02 Å². The highest BCUT2D eigenvalue weighted by molar-refractivity contribution is 6.31. The van der Waals surface area contributed by atoms with Crippen LogP contribution in [-0.2, 0) is 13.0 Å². The molecule has 0 amide bonds. The van der Waals surface area contributed by atoms with Gasteiger partial charge in [0, 0.05) is 41.6 Å². The van der Waals surface area contributed by atoms with Crippen molar-refractivity contribution in [3.8, 4) is 11.3 Å². The molecule has 1 N–H and O–H groups in total. The molecule has 4 nitrogen and oxygen atoms in total. The number of halogens is 1. The summed E-state index contributed by atoms with van der Waals surface area (Å²) in [5.74, 6) is 0.823. The Morgan fingerprint density at radius 3 is 2.59 bits per heavy atom. The maximum absolute atomic E-state index is 6.53. The third-order valence-corrected chi connectivity index (χ3v) is 5.68. The van der Waals surface area contributed by atoms with Gasteiger partial charge in [0.1, 0.15) is 0 Å². The van der Waals surface area contributed by atoms with Crippen molar-refractivity contribution in [2.75, 3.05) is 5.32 Å². The molecule has 5 heteroatoms. The van der Waals surface area contributed by atoms with E-state index < -0.39 is 0 Å². The van der Waals surface area contributed by atoms with Crippen LogP contribution in [0.5, 0.6) is 0 Å². The Morgan fingerprint density at radius 1 is 0.931 bits per heavy atom. The number of nitrogens with zero attached hydrogens (tertiary/aromatic N) is 3. The summed E-state index contributed by atoms with van der Waals surface area (Å²) in [6, 6.07) is 20.5. The zero-order chi connectivity index (χ0) is 19.6. The predicted molar refractivity (Wildman–Crippen MR) is 116 cm³/mol. The number of fused-ring (bicyclic) bond motifs is 3. The van der Waals surface area contributed by atoms with Gasteiger partial charge in [-0.3, -0.25) is 4.98 Å². The van der Waals surface area contributed by atoms with E-state index >= 15 is 0 Å². The molecule has 1 unspecified atom stereocenters. The Bertz CT molecular complexity index is 1160. The number of anilines is 1. The molecule has 0 fully saturated rings. The normalized spacial score (nSPS) is 14.7. The van der Waals surface area contributed by atoms with Gasteiger partial charge in [-0.1, -0.05) is 60.1 Å². The molecule has 1 aliphatic rings. The summed E-state index contributed by atoms with van der Waals surface area (Å²) in [6.07, 6.45) is 6.38. The molecule has 0 spiro atoms. The van der Waals surface area contributed by atoms with E-state index in [1.54, 1.807) is 6.20 Å². The maximum Gasteiger partial charge on any atom is 0.223 e. The summed E-state index contributed by atoms with van der Waals surface area (Å²) in [4.78, 5) is 13.5. The van der Waals surface area contributed by atoms with Crippen molar-refractivity contribution < 1.29 is 0 Å². The minimum Gasteiger partial charge on any atom is -0.350 e. The second-order valence-corrected chi connectivity index (χ2v) is 7.55. The van der Waals surface area contributed by atoms with E-state index in [1.165, 1.54) is 5.56 Å².